The minimum Gasteiger partial charge on any atom is -0.368 e. The maximum atomic E-state index is 12.7. The van der Waals surface area contributed by atoms with E-state index in [9.17, 15) is 14.4 Å². The number of rotatable bonds is 2. The van der Waals surface area contributed by atoms with Crippen molar-refractivity contribution in [2.45, 2.75) is 44.6 Å². The van der Waals surface area contributed by atoms with Gasteiger partial charge in [0.1, 0.15) is 5.54 Å². The number of hydrogen-bond donors (Lipinski definition) is 1. The second-order valence-corrected chi connectivity index (χ2v) is 5.90. The summed E-state index contributed by atoms with van der Waals surface area (Å²) in [7, 11) is 0. The van der Waals surface area contributed by atoms with Crippen molar-refractivity contribution in [3.05, 3.63) is 34.9 Å². The quantitative estimate of drug-likeness (QED) is 0.841. The first-order valence-corrected chi connectivity index (χ1v) is 7.27. The van der Waals surface area contributed by atoms with Gasteiger partial charge in [0.2, 0.25) is 5.91 Å². The van der Waals surface area contributed by atoms with E-state index in [4.69, 9.17) is 5.73 Å². The van der Waals surface area contributed by atoms with E-state index >= 15 is 0 Å². The van der Waals surface area contributed by atoms with Gasteiger partial charge in [0.25, 0.3) is 11.8 Å². The fraction of sp³-hybridized carbons (Fsp3) is 0.438. The first-order valence-electron chi connectivity index (χ1n) is 7.27. The van der Waals surface area contributed by atoms with Crippen LogP contribution in [0.3, 0.4) is 0 Å². The van der Waals surface area contributed by atoms with Crippen molar-refractivity contribution in [3.63, 3.8) is 0 Å². The van der Waals surface area contributed by atoms with Crippen LogP contribution in [-0.2, 0) is 4.79 Å². The number of imide groups is 1. The van der Waals surface area contributed by atoms with Crippen LogP contribution in [0, 0.1) is 6.92 Å². The molecule has 2 aliphatic rings. The van der Waals surface area contributed by atoms with Crippen LogP contribution in [0.1, 0.15) is 58.4 Å². The van der Waals surface area contributed by atoms with Gasteiger partial charge in [0, 0.05) is 0 Å². The summed E-state index contributed by atoms with van der Waals surface area (Å²) in [5.41, 5.74) is 5.98. The molecule has 21 heavy (non-hydrogen) atoms. The molecule has 0 aromatic heterocycles. The van der Waals surface area contributed by atoms with Gasteiger partial charge in [-0.15, -0.1) is 0 Å². The summed E-state index contributed by atoms with van der Waals surface area (Å²) in [4.78, 5) is 38.6. The third-order valence-corrected chi connectivity index (χ3v) is 4.69. The van der Waals surface area contributed by atoms with Crippen LogP contribution in [0.15, 0.2) is 18.2 Å². The highest BCUT2D eigenvalue weighted by molar-refractivity contribution is 6.24. The second-order valence-electron chi connectivity index (χ2n) is 5.90. The van der Waals surface area contributed by atoms with E-state index in [-0.39, 0.29) is 11.8 Å². The Labute approximate surface area is 123 Å². The molecule has 0 atom stereocenters. The Morgan fingerprint density at radius 3 is 2.38 bits per heavy atom. The molecule has 1 aromatic rings. The summed E-state index contributed by atoms with van der Waals surface area (Å²) < 4.78 is 0. The normalized spacial score (nSPS) is 20.5. The molecule has 0 radical (unpaired) electrons. The molecule has 0 unspecified atom stereocenters. The molecular weight excluding hydrogens is 268 g/mol. The van der Waals surface area contributed by atoms with Gasteiger partial charge in [0.05, 0.1) is 11.1 Å². The molecule has 5 heteroatoms. The molecule has 5 nitrogen and oxygen atoms in total. The third kappa shape index (κ3) is 1.80. The molecule has 0 saturated heterocycles. The first kappa shape index (κ1) is 13.8. The van der Waals surface area contributed by atoms with Crippen LogP contribution in [-0.4, -0.2) is 28.2 Å². The number of carbonyl (C=O) groups excluding carboxylic acids is 3. The predicted octanol–water partition coefficient (Wildman–Crippen LogP) is 1.78. The minimum atomic E-state index is -1.15. The molecule has 110 valence electrons. The molecule has 0 spiro atoms. The van der Waals surface area contributed by atoms with Gasteiger partial charge in [-0.3, -0.25) is 19.3 Å². The molecule has 1 aliphatic heterocycles. The molecule has 1 saturated carbocycles. The zero-order valence-corrected chi connectivity index (χ0v) is 12.0. The van der Waals surface area contributed by atoms with Crippen LogP contribution in [0.25, 0.3) is 0 Å². The van der Waals surface area contributed by atoms with Gasteiger partial charge in [0.15, 0.2) is 0 Å². The van der Waals surface area contributed by atoms with Crippen molar-refractivity contribution in [1.82, 2.24) is 4.90 Å². The lowest BCUT2D eigenvalue weighted by Crippen LogP contribution is -2.60. The average molecular weight is 286 g/mol. The molecular formula is C16H18N2O3. The molecule has 1 fully saturated rings. The van der Waals surface area contributed by atoms with Crippen LogP contribution < -0.4 is 5.73 Å². The number of nitrogens with zero attached hydrogens (tertiary/aromatic N) is 1. The summed E-state index contributed by atoms with van der Waals surface area (Å²) >= 11 is 0. The Morgan fingerprint density at radius 2 is 1.81 bits per heavy atom. The zero-order chi connectivity index (χ0) is 15.2. The molecule has 3 amide bonds. The number of benzene rings is 1. The summed E-state index contributed by atoms with van der Waals surface area (Å²) in [6.45, 7) is 1.80. The smallest absolute Gasteiger partial charge is 0.262 e. The average Bonchev–Trinajstić information content (AvgIpc) is 2.73. The lowest BCUT2D eigenvalue weighted by molar-refractivity contribution is -0.129. The number of aryl methyl sites for hydroxylation is 1. The Hall–Kier alpha value is -2.17. The number of hydrogen-bond acceptors (Lipinski definition) is 3. The minimum absolute atomic E-state index is 0.381. The van der Waals surface area contributed by atoms with E-state index in [0.29, 0.717) is 24.0 Å². The van der Waals surface area contributed by atoms with Crippen molar-refractivity contribution in [1.29, 1.82) is 0 Å². The lowest BCUT2D eigenvalue weighted by Gasteiger charge is -2.40. The predicted molar refractivity (Wildman–Crippen MR) is 76.7 cm³/mol. The van der Waals surface area contributed by atoms with Gasteiger partial charge < -0.3 is 5.73 Å². The number of carbonyl (C=O) groups is 3. The van der Waals surface area contributed by atoms with Crippen molar-refractivity contribution >= 4 is 17.7 Å². The van der Waals surface area contributed by atoms with Crippen molar-refractivity contribution < 1.29 is 14.4 Å². The first-order chi connectivity index (χ1) is 9.99. The fourth-order valence-corrected chi connectivity index (χ4v) is 3.56. The molecule has 1 heterocycles. The Morgan fingerprint density at radius 1 is 1.14 bits per heavy atom. The molecule has 0 bridgehead atoms. The lowest BCUT2D eigenvalue weighted by atomic mass is 9.79. The third-order valence-electron chi connectivity index (χ3n) is 4.69. The number of fused-ring (bicyclic) bond motifs is 1. The molecule has 1 aliphatic carbocycles. The monoisotopic (exact) mass is 286 g/mol. The van der Waals surface area contributed by atoms with Gasteiger partial charge in [-0.25, -0.2) is 0 Å². The van der Waals surface area contributed by atoms with E-state index in [1.807, 2.05) is 0 Å². The summed E-state index contributed by atoms with van der Waals surface area (Å²) in [5, 5.41) is 0. The fourth-order valence-electron chi connectivity index (χ4n) is 3.56. The summed E-state index contributed by atoms with van der Waals surface area (Å²) in [5.74, 6) is -1.34. The van der Waals surface area contributed by atoms with Crippen LogP contribution in [0.2, 0.25) is 0 Å². The number of amides is 3. The Kier molecular flexibility index (Phi) is 3.08. The van der Waals surface area contributed by atoms with Gasteiger partial charge in [-0.05, 0) is 31.4 Å². The van der Waals surface area contributed by atoms with Crippen LogP contribution in [0.4, 0.5) is 0 Å². The standard InChI is InChI=1S/C16H18N2O3/c1-10-6-5-7-11-12(10)14(20)18(13(11)19)16(15(17)21)8-3-2-4-9-16/h5-7H,2-4,8-9H2,1H3,(H2,17,21). The molecule has 3 rings (SSSR count). The van der Waals surface area contributed by atoms with E-state index in [2.05, 4.69) is 0 Å². The Balaban J connectivity index is 2.12. The maximum Gasteiger partial charge on any atom is 0.262 e. The van der Waals surface area contributed by atoms with E-state index in [0.717, 1.165) is 29.7 Å². The Bertz CT molecular complexity index is 645. The van der Waals surface area contributed by atoms with Gasteiger partial charge in [-0.2, -0.15) is 0 Å². The SMILES string of the molecule is Cc1cccc2c1C(=O)N(C1(C(N)=O)CCCCC1)C2=O. The topological polar surface area (TPSA) is 80.5 Å². The van der Waals surface area contributed by atoms with Gasteiger partial charge >= 0.3 is 0 Å². The second kappa shape index (κ2) is 4.69. The van der Waals surface area contributed by atoms with Crippen molar-refractivity contribution in [3.8, 4) is 0 Å². The number of nitrogens with two attached hydrogens (primary N) is 1. The summed E-state index contributed by atoms with van der Waals surface area (Å²) in [6, 6.07) is 5.19. The van der Waals surface area contributed by atoms with E-state index in [1.54, 1.807) is 25.1 Å². The summed E-state index contributed by atoms with van der Waals surface area (Å²) in [6.07, 6.45) is 3.53. The highest BCUT2D eigenvalue weighted by Crippen LogP contribution is 2.39. The molecule has 2 N–H and O–H groups in total. The maximum absolute atomic E-state index is 12.7. The molecule has 1 aromatic carbocycles. The van der Waals surface area contributed by atoms with E-state index < -0.39 is 11.4 Å². The van der Waals surface area contributed by atoms with E-state index in [1.165, 1.54) is 0 Å². The zero-order valence-electron chi connectivity index (χ0n) is 12.0. The van der Waals surface area contributed by atoms with Gasteiger partial charge in [-0.1, -0.05) is 31.4 Å². The highest BCUT2D eigenvalue weighted by Gasteiger charge is 2.53. The van der Waals surface area contributed by atoms with Crippen molar-refractivity contribution in [2.75, 3.05) is 0 Å². The van der Waals surface area contributed by atoms with Crippen LogP contribution in [0.5, 0.6) is 0 Å². The largest absolute Gasteiger partial charge is 0.368 e. The highest BCUT2D eigenvalue weighted by atomic mass is 16.2. The van der Waals surface area contributed by atoms with Crippen LogP contribution >= 0.6 is 0 Å². The van der Waals surface area contributed by atoms with Crippen molar-refractivity contribution in [2.24, 2.45) is 5.73 Å². The number of primary amides is 1.